The Bertz CT molecular complexity index is 153. The molecule has 2 rings (SSSR count). The average Bonchev–Trinajstić information content (AvgIpc) is 2.67. The molecule has 6 heteroatoms. The van der Waals surface area contributed by atoms with Gasteiger partial charge in [-0.15, -0.1) is 10.2 Å². The minimum Gasteiger partial charge on any atom is -0.431 e. The lowest BCUT2D eigenvalue weighted by molar-refractivity contribution is 0.553. The highest BCUT2D eigenvalue weighted by Gasteiger charge is 1.60. The molecule has 2 aromatic heterocycles. The van der Waals surface area contributed by atoms with Crippen molar-refractivity contribution in [3.05, 3.63) is 25.2 Å². The summed E-state index contributed by atoms with van der Waals surface area (Å²) in [5.74, 6) is 0. The largest absolute Gasteiger partial charge is 0.431 e. The van der Waals surface area contributed by atoms with E-state index in [-0.39, 0.29) is 0 Å². The predicted molar refractivity (Wildman–Crippen MR) is 30.7 cm³/mol. The molecule has 0 aliphatic heterocycles. The predicted octanol–water partition coefficient (Wildman–Crippen LogP) is -0.126. The highest BCUT2D eigenvalue weighted by Crippen LogP contribution is 1.64. The maximum absolute atomic E-state index is 4.36. The number of aromatic nitrogens is 5. The number of nitrogens with zero attached hydrogens (tertiary/aromatic N) is 4. The van der Waals surface area contributed by atoms with Crippen LogP contribution in [0.4, 0.5) is 0 Å². The molecule has 0 spiro atoms. The summed E-state index contributed by atoms with van der Waals surface area (Å²) in [5, 5.41) is 15.9. The SMILES string of the molecule is c1cn[nH]n1.c1nnco1. The van der Waals surface area contributed by atoms with Crippen LogP contribution in [0.3, 0.4) is 0 Å². The van der Waals surface area contributed by atoms with Gasteiger partial charge in [0.2, 0.25) is 12.8 Å². The topological polar surface area (TPSA) is 80.5 Å². The van der Waals surface area contributed by atoms with Crippen molar-refractivity contribution in [2.24, 2.45) is 0 Å². The number of H-pyrrole nitrogens is 1. The molecular formula is C4H5N5O. The molecule has 0 saturated heterocycles. The third-order valence-electron chi connectivity index (χ3n) is 0.614. The lowest BCUT2D eigenvalue weighted by Crippen LogP contribution is -1.61. The highest BCUT2D eigenvalue weighted by atomic mass is 16.3. The summed E-state index contributed by atoms with van der Waals surface area (Å²) in [4.78, 5) is 0. The molecule has 0 amide bonds. The van der Waals surface area contributed by atoms with Crippen LogP contribution < -0.4 is 0 Å². The van der Waals surface area contributed by atoms with Crippen LogP contribution in [-0.2, 0) is 0 Å². The van der Waals surface area contributed by atoms with Crippen molar-refractivity contribution in [2.45, 2.75) is 0 Å². The molecule has 0 bridgehead atoms. The zero-order valence-corrected chi connectivity index (χ0v) is 5.01. The molecule has 52 valence electrons. The second-order valence-corrected chi connectivity index (χ2v) is 1.23. The van der Waals surface area contributed by atoms with Gasteiger partial charge in [-0.3, -0.25) is 0 Å². The van der Waals surface area contributed by atoms with Crippen molar-refractivity contribution in [3.8, 4) is 0 Å². The first-order valence-corrected chi connectivity index (χ1v) is 2.48. The molecule has 1 N–H and O–H groups in total. The van der Waals surface area contributed by atoms with E-state index in [2.05, 4.69) is 30.0 Å². The third kappa shape index (κ3) is 2.55. The fraction of sp³-hybridized carbons (Fsp3) is 0. The quantitative estimate of drug-likeness (QED) is 0.550. The van der Waals surface area contributed by atoms with Gasteiger partial charge < -0.3 is 4.42 Å². The van der Waals surface area contributed by atoms with Gasteiger partial charge in [-0.05, 0) is 0 Å². The van der Waals surface area contributed by atoms with E-state index < -0.39 is 0 Å². The summed E-state index contributed by atoms with van der Waals surface area (Å²) in [5.41, 5.74) is 0. The number of hydrogen-bond donors (Lipinski definition) is 1. The van der Waals surface area contributed by atoms with Gasteiger partial charge >= 0.3 is 0 Å². The number of aromatic amines is 1. The Labute approximate surface area is 56.3 Å². The minimum atomic E-state index is 1.26. The van der Waals surface area contributed by atoms with Gasteiger partial charge in [-0.1, -0.05) is 0 Å². The maximum Gasteiger partial charge on any atom is 0.203 e. The number of nitrogens with one attached hydrogen (secondary N) is 1. The summed E-state index contributed by atoms with van der Waals surface area (Å²) < 4.78 is 4.36. The Kier molecular flexibility index (Phi) is 2.68. The minimum absolute atomic E-state index is 1.26. The summed E-state index contributed by atoms with van der Waals surface area (Å²) in [6, 6.07) is 0. The van der Waals surface area contributed by atoms with Gasteiger partial charge in [0.1, 0.15) is 0 Å². The van der Waals surface area contributed by atoms with Crippen LogP contribution in [0.5, 0.6) is 0 Å². The molecule has 6 nitrogen and oxygen atoms in total. The van der Waals surface area contributed by atoms with E-state index >= 15 is 0 Å². The van der Waals surface area contributed by atoms with Gasteiger partial charge in [0.15, 0.2) is 0 Å². The van der Waals surface area contributed by atoms with Gasteiger partial charge in [0.05, 0.1) is 12.4 Å². The normalized spacial score (nSPS) is 8.00. The molecule has 0 saturated carbocycles. The van der Waals surface area contributed by atoms with Crippen molar-refractivity contribution in [3.63, 3.8) is 0 Å². The number of rotatable bonds is 0. The smallest absolute Gasteiger partial charge is 0.203 e. The van der Waals surface area contributed by atoms with Crippen LogP contribution in [0.1, 0.15) is 0 Å². The Morgan fingerprint density at radius 2 is 1.60 bits per heavy atom. The zero-order valence-electron chi connectivity index (χ0n) is 5.01. The summed E-state index contributed by atoms with van der Waals surface area (Å²) in [7, 11) is 0. The third-order valence-corrected chi connectivity index (χ3v) is 0.614. The Balaban J connectivity index is 0.0000001000. The van der Waals surface area contributed by atoms with Crippen molar-refractivity contribution in [1.29, 1.82) is 0 Å². The van der Waals surface area contributed by atoms with Crippen LogP contribution in [0.25, 0.3) is 0 Å². The van der Waals surface area contributed by atoms with E-state index in [1.165, 1.54) is 12.8 Å². The van der Waals surface area contributed by atoms with E-state index in [1.54, 1.807) is 12.4 Å². The van der Waals surface area contributed by atoms with Crippen LogP contribution in [0, 0.1) is 0 Å². The van der Waals surface area contributed by atoms with E-state index in [0.29, 0.717) is 0 Å². The summed E-state index contributed by atoms with van der Waals surface area (Å²) in [6.07, 6.45) is 5.69. The Morgan fingerprint density at radius 1 is 1.00 bits per heavy atom. The van der Waals surface area contributed by atoms with Crippen LogP contribution in [0.15, 0.2) is 29.6 Å². The monoisotopic (exact) mass is 139 g/mol. The Hall–Kier alpha value is -1.72. The van der Waals surface area contributed by atoms with Crippen LogP contribution in [0.2, 0.25) is 0 Å². The molecule has 0 aliphatic rings. The van der Waals surface area contributed by atoms with Crippen molar-refractivity contribution in [2.75, 3.05) is 0 Å². The first kappa shape index (κ1) is 6.40. The first-order chi connectivity index (χ1) is 5.00. The Morgan fingerprint density at radius 3 is 1.80 bits per heavy atom. The lowest BCUT2D eigenvalue weighted by Gasteiger charge is -1.48. The summed E-state index contributed by atoms with van der Waals surface area (Å²) >= 11 is 0. The molecule has 10 heavy (non-hydrogen) atoms. The fourth-order valence-electron chi connectivity index (χ4n) is 0.303. The van der Waals surface area contributed by atoms with Gasteiger partial charge in [-0.25, -0.2) is 0 Å². The molecular weight excluding hydrogens is 134 g/mol. The molecule has 0 unspecified atom stereocenters. The standard InChI is InChI=1S/C2H3N3.C2H2N2O/c1-2-4-5-3-1;1-3-4-2-5-1/h1-2H,(H,3,4,5);1-2H. The lowest BCUT2D eigenvalue weighted by atomic mass is 11.0. The van der Waals surface area contributed by atoms with Crippen molar-refractivity contribution in [1.82, 2.24) is 25.6 Å². The number of hydrogen-bond acceptors (Lipinski definition) is 5. The van der Waals surface area contributed by atoms with Gasteiger partial charge in [-0.2, -0.15) is 15.4 Å². The van der Waals surface area contributed by atoms with E-state index in [1.807, 2.05) is 0 Å². The molecule has 0 aromatic carbocycles. The van der Waals surface area contributed by atoms with Gasteiger partial charge in [0.25, 0.3) is 0 Å². The van der Waals surface area contributed by atoms with Gasteiger partial charge in [0, 0.05) is 0 Å². The van der Waals surface area contributed by atoms with Crippen LogP contribution in [-0.4, -0.2) is 25.6 Å². The highest BCUT2D eigenvalue weighted by molar-refractivity contribution is 4.54. The second kappa shape index (κ2) is 4.19. The molecule has 0 atom stereocenters. The zero-order chi connectivity index (χ0) is 7.07. The second-order valence-electron chi connectivity index (χ2n) is 1.23. The van der Waals surface area contributed by atoms with E-state index in [9.17, 15) is 0 Å². The van der Waals surface area contributed by atoms with Crippen molar-refractivity contribution < 1.29 is 4.42 Å². The van der Waals surface area contributed by atoms with E-state index in [4.69, 9.17) is 0 Å². The fourth-order valence-corrected chi connectivity index (χ4v) is 0.303. The molecule has 0 aliphatic carbocycles. The molecule has 0 radical (unpaired) electrons. The first-order valence-electron chi connectivity index (χ1n) is 2.48. The average molecular weight is 139 g/mol. The molecule has 2 aromatic rings. The molecule has 0 fully saturated rings. The molecule has 2 heterocycles. The van der Waals surface area contributed by atoms with Crippen molar-refractivity contribution >= 4 is 0 Å². The van der Waals surface area contributed by atoms with E-state index in [0.717, 1.165) is 0 Å². The van der Waals surface area contributed by atoms with Crippen LogP contribution >= 0.6 is 0 Å². The summed E-state index contributed by atoms with van der Waals surface area (Å²) in [6.45, 7) is 0. The maximum atomic E-state index is 4.36.